The standard InChI is InChI=1S/C15H24N2O2S/c1-12-6-4-7-13(15(16)20)14(12)17(9-11-19-3)8-5-10-18-2/h4,6-7H,5,8-11H2,1-3H3,(H2,16,20). The first-order valence-corrected chi connectivity index (χ1v) is 7.14. The molecule has 0 saturated heterocycles. The van der Waals surface area contributed by atoms with Crippen LogP contribution in [0.25, 0.3) is 0 Å². The lowest BCUT2D eigenvalue weighted by Crippen LogP contribution is -2.31. The maximum Gasteiger partial charge on any atom is 0.106 e. The molecule has 5 heteroatoms. The molecular formula is C15H24N2O2S. The summed E-state index contributed by atoms with van der Waals surface area (Å²) in [4.78, 5) is 2.70. The Balaban J connectivity index is 3.01. The highest BCUT2D eigenvalue weighted by Gasteiger charge is 2.15. The van der Waals surface area contributed by atoms with E-state index in [9.17, 15) is 0 Å². The molecule has 2 N–H and O–H groups in total. The minimum atomic E-state index is 0.429. The van der Waals surface area contributed by atoms with Gasteiger partial charge in [-0.3, -0.25) is 0 Å². The summed E-state index contributed by atoms with van der Waals surface area (Å²) in [5.41, 5.74) is 9.05. The number of para-hydroxylation sites is 1. The highest BCUT2D eigenvalue weighted by Crippen LogP contribution is 2.25. The number of rotatable bonds is 9. The Morgan fingerprint density at radius 3 is 2.50 bits per heavy atom. The quantitative estimate of drug-likeness (QED) is 0.559. The summed E-state index contributed by atoms with van der Waals surface area (Å²) in [6, 6.07) is 6.03. The van der Waals surface area contributed by atoms with Crippen LogP contribution in [0.5, 0.6) is 0 Å². The number of aryl methyl sites for hydroxylation is 1. The van der Waals surface area contributed by atoms with Crippen LogP contribution in [0, 0.1) is 6.92 Å². The molecule has 0 bridgehead atoms. The SMILES string of the molecule is COCCCN(CCOC)c1c(C)cccc1C(N)=S. The minimum absolute atomic E-state index is 0.429. The molecule has 0 radical (unpaired) electrons. The zero-order valence-corrected chi connectivity index (χ0v) is 13.3. The van der Waals surface area contributed by atoms with Gasteiger partial charge in [0.1, 0.15) is 4.99 Å². The Labute approximate surface area is 126 Å². The van der Waals surface area contributed by atoms with Crippen LogP contribution in [0.2, 0.25) is 0 Å². The van der Waals surface area contributed by atoms with Gasteiger partial charge in [-0.2, -0.15) is 0 Å². The number of hydrogen-bond donors (Lipinski definition) is 1. The van der Waals surface area contributed by atoms with Gasteiger partial charge in [0.2, 0.25) is 0 Å². The van der Waals surface area contributed by atoms with E-state index in [1.54, 1.807) is 14.2 Å². The normalized spacial score (nSPS) is 10.6. The predicted molar refractivity (Wildman–Crippen MR) is 87.6 cm³/mol. The van der Waals surface area contributed by atoms with Gasteiger partial charge >= 0.3 is 0 Å². The lowest BCUT2D eigenvalue weighted by atomic mass is 10.1. The van der Waals surface area contributed by atoms with Crippen molar-refractivity contribution in [2.45, 2.75) is 13.3 Å². The number of nitrogens with two attached hydrogens (primary N) is 1. The molecule has 0 aliphatic rings. The summed E-state index contributed by atoms with van der Waals surface area (Å²) in [6.45, 7) is 5.17. The van der Waals surface area contributed by atoms with Crippen LogP contribution in [0.4, 0.5) is 5.69 Å². The van der Waals surface area contributed by atoms with E-state index < -0.39 is 0 Å². The molecule has 1 rings (SSSR count). The van der Waals surface area contributed by atoms with E-state index in [2.05, 4.69) is 17.9 Å². The van der Waals surface area contributed by atoms with Crippen molar-refractivity contribution in [1.29, 1.82) is 0 Å². The van der Waals surface area contributed by atoms with Gasteiger partial charge in [0, 0.05) is 45.2 Å². The first-order chi connectivity index (χ1) is 9.61. The highest BCUT2D eigenvalue weighted by molar-refractivity contribution is 7.80. The van der Waals surface area contributed by atoms with Crippen LogP contribution < -0.4 is 10.6 Å². The fraction of sp³-hybridized carbons (Fsp3) is 0.533. The molecule has 1 aromatic rings. The highest BCUT2D eigenvalue weighted by atomic mass is 32.1. The van der Waals surface area contributed by atoms with Gasteiger partial charge in [-0.25, -0.2) is 0 Å². The average Bonchev–Trinajstić information content (AvgIpc) is 2.43. The molecule has 0 aliphatic carbocycles. The van der Waals surface area contributed by atoms with E-state index in [0.717, 1.165) is 37.4 Å². The molecule has 0 unspecified atom stereocenters. The molecule has 0 saturated carbocycles. The second-order valence-electron chi connectivity index (χ2n) is 4.66. The molecule has 0 aliphatic heterocycles. The van der Waals surface area contributed by atoms with Crippen molar-refractivity contribution < 1.29 is 9.47 Å². The summed E-state index contributed by atoms with van der Waals surface area (Å²) in [5, 5.41) is 0. The largest absolute Gasteiger partial charge is 0.389 e. The van der Waals surface area contributed by atoms with Crippen LogP contribution in [0.3, 0.4) is 0 Å². The first-order valence-electron chi connectivity index (χ1n) is 6.74. The zero-order valence-electron chi connectivity index (χ0n) is 12.5. The fourth-order valence-corrected chi connectivity index (χ4v) is 2.38. The lowest BCUT2D eigenvalue weighted by molar-refractivity contribution is 0.191. The maximum atomic E-state index is 5.85. The third kappa shape index (κ3) is 4.74. The topological polar surface area (TPSA) is 47.7 Å². The van der Waals surface area contributed by atoms with Crippen LogP contribution in [-0.4, -0.2) is 45.5 Å². The molecule has 0 amide bonds. The molecule has 0 spiro atoms. The van der Waals surface area contributed by atoms with E-state index in [0.29, 0.717) is 11.6 Å². The number of hydrogen-bond acceptors (Lipinski definition) is 4. The van der Waals surface area contributed by atoms with Crippen LogP contribution in [-0.2, 0) is 9.47 Å². The summed E-state index contributed by atoms with van der Waals surface area (Å²) < 4.78 is 10.3. The molecule has 1 aromatic carbocycles. The van der Waals surface area contributed by atoms with Crippen molar-refractivity contribution in [2.75, 3.05) is 45.4 Å². The Bertz CT molecular complexity index is 438. The monoisotopic (exact) mass is 296 g/mol. The van der Waals surface area contributed by atoms with Gasteiger partial charge < -0.3 is 20.1 Å². The molecule has 112 valence electrons. The second-order valence-corrected chi connectivity index (χ2v) is 5.10. The van der Waals surface area contributed by atoms with Crippen LogP contribution in [0.1, 0.15) is 17.5 Å². The van der Waals surface area contributed by atoms with Crippen molar-refractivity contribution >= 4 is 22.9 Å². The van der Waals surface area contributed by atoms with Crippen molar-refractivity contribution in [3.8, 4) is 0 Å². The Hall–Kier alpha value is -1.17. The van der Waals surface area contributed by atoms with E-state index >= 15 is 0 Å². The molecule has 20 heavy (non-hydrogen) atoms. The molecule has 0 heterocycles. The van der Waals surface area contributed by atoms with Crippen molar-refractivity contribution in [3.05, 3.63) is 29.3 Å². The molecule has 0 aromatic heterocycles. The summed E-state index contributed by atoms with van der Waals surface area (Å²) in [6.07, 6.45) is 0.950. The van der Waals surface area contributed by atoms with Crippen LogP contribution >= 0.6 is 12.2 Å². The predicted octanol–water partition coefficient (Wildman–Crippen LogP) is 2.12. The number of methoxy groups -OCH3 is 2. The molecular weight excluding hydrogens is 272 g/mol. The molecule has 4 nitrogen and oxygen atoms in total. The zero-order chi connectivity index (χ0) is 15.0. The van der Waals surface area contributed by atoms with Crippen molar-refractivity contribution in [1.82, 2.24) is 0 Å². The number of thiocarbonyl (C=S) groups is 1. The Kier molecular flexibility index (Phi) is 7.51. The Morgan fingerprint density at radius 1 is 1.20 bits per heavy atom. The number of nitrogens with zero attached hydrogens (tertiary/aromatic N) is 1. The van der Waals surface area contributed by atoms with E-state index in [-0.39, 0.29) is 0 Å². The van der Waals surface area contributed by atoms with E-state index in [4.69, 9.17) is 27.4 Å². The third-order valence-electron chi connectivity index (χ3n) is 3.16. The van der Waals surface area contributed by atoms with Gasteiger partial charge in [-0.05, 0) is 25.0 Å². The van der Waals surface area contributed by atoms with Crippen molar-refractivity contribution in [2.24, 2.45) is 5.73 Å². The van der Waals surface area contributed by atoms with E-state index in [1.807, 2.05) is 12.1 Å². The van der Waals surface area contributed by atoms with Gasteiger partial charge in [0.05, 0.1) is 6.61 Å². The summed E-state index contributed by atoms with van der Waals surface area (Å²) in [5.74, 6) is 0. The van der Waals surface area contributed by atoms with Gasteiger partial charge in [-0.15, -0.1) is 0 Å². The van der Waals surface area contributed by atoms with E-state index in [1.165, 1.54) is 5.56 Å². The number of anilines is 1. The van der Waals surface area contributed by atoms with Gasteiger partial charge in [0.25, 0.3) is 0 Å². The van der Waals surface area contributed by atoms with Crippen LogP contribution in [0.15, 0.2) is 18.2 Å². The maximum absolute atomic E-state index is 5.85. The summed E-state index contributed by atoms with van der Waals surface area (Å²) >= 11 is 5.17. The number of ether oxygens (including phenoxy) is 2. The third-order valence-corrected chi connectivity index (χ3v) is 3.38. The summed E-state index contributed by atoms with van der Waals surface area (Å²) in [7, 11) is 3.42. The Morgan fingerprint density at radius 2 is 1.90 bits per heavy atom. The average molecular weight is 296 g/mol. The smallest absolute Gasteiger partial charge is 0.106 e. The fourth-order valence-electron chi connectivity index (χ4n) is 2.21. The second kappa shape index (κ2) is 8.89. The van der Waals surface area contributed by atoms with Gasteiger partial charge in [-0.1, -0.05) is 24.4 Å². The first kappa shape index (κ1) is 16.9. The van der Waals surface area contributed by atoms with Crippen molar-refractivity contribution in [3.63, 3.8) is 0 Å². The van der Waals surface area contributed by atoms with Gasteiger partial charge in [0.15, 0.2) is 0 Å². The number of benzene rings is 1. The molecule has 0 atom stereocenters. The minimum Gasteiger partial charge on any atom is -0.389 e. The lowest BCUT2D eigenvalue weighted by Gasteiger charge is -2.28. The molecule has 0 fully saturated rings.